The molecule has 7 aromatic rings. The zero-order valence-corrected chi connectivity index (χ0v) is 25.3. The maximum absolute atomic E-state index is 13.8. The van der Waals surface area contributed by atoms with Gasteiger partial charge in [0.25, 0.3) is 11.8 Å². The number of amides is 2. The van der Waals surface area contributed by atoms with E-state index in [1.54, 1.807) is 41.3 Å². The Morgan fingerprint density at radius 1 is 0.745 bits per heavy atom. The number of hydrogen-bond donors (Lipinski definition) is 3. The SMILES string of the molecule is O=C(N[C@H]1CC[C@H](NC(=O)c2cccc3c(-c4ccncc4)c(-c4ccc(F)cc4)nn23)CC1)c1nccc2c1[nH]c1ccccc12. The van der Waals surface area contributed by atoms with Crippen molar-refractivity contribution in [2.24, 2.45) is 0 Å². The molecule has 2 amide bonds. The van der Waals surface area contributed by atoms with E-state index in [1.165, 1.54) is 12.1 Å². The summed E-state index contributed by atoms with van der Waals surface area (Å²) in [7, 11) is 0. The molecule has 8 rings (SSSR count). The van der Waals surface area contributed by atoms with Crippen LogP contribution in [0.25, 0.3) is 49.7 Å². The molecule has 0 atom stereocenters. The summed E-state index contributed by atoms with van der Waals surface area (Å²) in [4.78, 5) is 38.9. The molecule has 0 spiro atoms. The first-order chi connectivity index (χ1) is 23.0. The number of hydrogen-bond acceptors (Lipinski definition) is 5. The molecule has 10 heteroatoms. The topological polar surface area (TPSA) is 117 Å². The van der Waals surface area contributed by atoms with Crippen LogP contribution in [0, 0.1) is 5.82 Å². The maximum Gasteiger partial charge on any atom is 0.272 e. The first-order valence-electron chi connectivity index (χ1n) is 15.7. The molecule has 1 fully saturated rings. The lowest BCUT2D eigenvalue weighted by atomic mass is 9.91. The molecule has 1 aliphatic carbocycles. The Hall–Kier alpha value is -5.90. The van der Waals surface area contributed by atoms with Crippen LogP contribution in [-0.2, 0) is 0 Å². The number of nitrogens with one attached hydrogen (secondary N) is 3. The van der Waals surface area contributed by atoms with Gasteiger partial charge in [-0.1, -0.05) is 24.3 Å². The predicted octanol–water partition coefficient (Wildman–Crippen LogP) is 6.70. The van der Waals surface area contributed by atoms with Gasteiger partial charge in [0.15, 0.2) is 5.69 Å². The number of nitrogens with zero attached hydrogens (tertiary/aromatic N) is 4. The van der Waals surface area contributed by atoms with Gasteiger partial charge in [0, 0.05) is 58.1 Å². The van der Waals surface area contributed by atoms with Gasteiger partial charge in [0.2, 0.25) is 0 Å². The minimum absolute atomic E-state index is 0.0205. The van der Waals surface area contributed by atoms with Crippen LogP contribution in [0.3, 0.4) is 0 Å². The molecule has 1 aliphatic rings. The molecule has 0 bridgehead atoms. The van der Waals surface area contributed by atoms with Gasteiger partial charge in [0.1, 0.15) is 17.2 Å². The molecule has 2 aromatic carbocycles. The van der Waals surface area contributed by atoms with Gasteiger partial charge >= 0.3 is 0 Å². The fourth-order valence-corrected chi connectivity index (χ4v) is 6.70. The van der Waals surface area contributed by atoms with Crippen molar-refractivity contribution in [3.05, 3.63) is 121 Å². The average Bonchev–Trinajstić information content (AvgIpc) is 3.69. The summed E-state index contributed by atoms with van der Waals surface area (Å²) in [6.45, 7) is 0. The summed E-state index contributed by atoms with van der Waals surface area (Å²) in [6, 6.07) is 25.3. The fourth-order valence-electron chi connectivity index (χ4n) is 6.70. The van der Waals surface area contributed by atoms with E-state index in [2.05, 4.69) is 25.6 Å². The van der Waals surface area contributed by atoms with Gasteiger partial charge in [-0.3, -0.25) is 14.6 Å². The van der Waals surface area contributed by atoms with Crippen molar-refractivity contribution in [2.45, 2.75) is 37.8 Å². The van der Waals surface area contributed by atoms with Crippen LogP contribution in [0.5, 0.6) is 0 Å². The third-order valence-electron chi connectivity index (χ3n) is 9.02. The highest BCUT2D eigenvalue weighted by molar-refractivity contribution is 6.13. The van der Waals surface area contributed by atoms with E-state index in [9.17, 15) is 14.0 Å². The number of H-pyrrole nitrogens is 1. The predicted molar refractivity (Wildman–Crippen MR) is 178 cm³/mol. The number of aromatic amines is 1. The summed E-state index contributed by atoms with van der Waals surface area (Å²) >= 11 is 0. The number of carbonyl (C=O) groups excluding carboxylic acids is 2. The van der Waals surface area contributed by atoms with Crippen LogP contribution >= 0.6 is 0 Å². The Bertz CT molecular complexity index is 2270. The zero-order valence-electron chi connectivity index (χ0n) is 25.3. The number of pyridine rings is 3. The molecule has 0 radical (unpaired) electrons. The van der Waals surface area contributed by atoms with E-state index in [-0.39, 0.29) is 29.7 Å². The summed E-state index contributed by atoms with van der Waals surface area (Å²) in [5.74, 6) is -0.769. The van der Waals surface area contributed by atoms with Crippen LogP contribution in [0.15, 0.2) is 104 Å². The summed E-state index contributed by atoms with van der Waals surface area (Å²) in [6.07, 6.45) is 7.99. The lowest BCUT2D eigenvalue weighted by Crippen LogP contribution is -2.44. The Morgan fingerprint density at radius 3 is 2.23 bits per heavy atom. The smallest absolute Gasteiger partial charge is 0.272 e. The quantitative estimate of drug-likeness (QED) is 0.191. The largest absolute Gasteiger partial charge is 0.353 e. The monoisotopic (exact) mass is 623 g/mol. The van der Waals surface area contributed by atoms with Gasteiger partial charge in [-0.05, 0) is 91.9 Å². The molecule has 5 aromatic heterocycles. The molecule has 1 saturated carbocycles. The molecule has 3 N–H and O–H groups in total. The van der Waals surface area contributed by atoms with Crippen LogP contribution < -0.4 is 10.6 Å². The molecule has 232 valence electrons. The minimum Gasteiger partial charge on any atom is -0.353 e. The lowest BCUT2D eigenvalue weighted by Gasteiger charge is -2.29. The van der Waals surface area contributed by atoms with Crippen molar-refractivity contribution in [1.82, 2.24) is 35.2 Å². The number of benzene rings is 2. The summed E-state index contributed by atoms with van der Waals surface area (Å²) in [5.41, 5.74) is 6.35. The number of aromatic nitrogens is 5. The zero-order chi connectivity index (χ0) is 31.9. The second kappa shape index (κ2) is 11.8. The Labute approximate surface area is 268 Å². The highest BCUT2D eigenvalue weighted by Crippen LogP contribution is 2.35. The fraction of sp³-hybridized carbons (Fsp3) is 0.162. The van der Waals surface area contributed by atoms with Crippen molar-refractivity contribution < 1.29 is 14.0 Å². The van der Waals surface area contributed by atoms with Gasteiger partial charge in [-0.25, -0.2) is 13.9 Å². The second-order valence-electron chi connectivity index (χ2n) is 11.9. The van der Waals surface area contributed by atoms with Crippen molar-refractivity contribution >= 4 is 39.1 Å². The van der Waals surface area contributed by atoms with Crippen molar-refractivity contribution in [2.75, 3.05) is 0 Å². The number of halogens is 1. The van der Waals surface area contributed by atoms with Gasteiger partial charge < -0.3 is 15.6 Å². The number of carbonyl (C=O) groups is 2. The first kappa shape index (κ1) is 28.6. The Kier molecular flexibility index (Phi) is 7.17. The number of fused-ring (bicyclic) bond motifs is 4. The molecule has 0 saturated heterocycles. The highest BCUT2D eigenvalue weighted by Gasteiger charge is 2.27. The van der Waals surface area contributed by atoms with Crippen LogP contribution in [0.1, 0.15) is 46.7 Å². The average molecular weight is 624 g/mol. The Balaban J connectivity index is 0.989. The molecular weight excluding hydrogens is 593 g/mol. The molecule has 5 heterocycles. The van der Waals surface area contributed by atoms with Crippen LogP contribution in [-0.4, -0.2) is 48.5 Å². The van der Waals surface area contributed by atoms with E-state index >= 15 is 0 Å². The third kappa shape index (κ3) is 5.27. The molecule has 9 nitrogen and oxygen atoms in total. The normalized spacial score (nSPS) is 16.4. The van der Waals surface area contributed by atoms with Crippen LogP contribution in [0.2, 0.25) is 0 Å². The number of para-hydroxylation sites is 1. The van der Waals surface area contributed by atoms with Gasteiger partial charge in [-0.2, -0.15) is 5.10 Å². The lowest BCUT2D eigenvalue weighted by molar-refractivity contribution is 0.0886. The van der Waals surface area contributed by atoms with E-state index in [0.717, 1.165) is 69.7 Å². The van der Waals surface area contributed by atoms with E-state index in [1.807, 2.05) is 54.6 Å². The van der Waals surface area contributed by atoms with E-state index in [0.29, 0.717) is 17.1 Å². The standard InChI is InChI=1S/C37H30FN7O2/c38-24-10-8-23(9-11-24)33-32(22-16-19-39-20-17-22)30-6-3-7-31(45(30)44-33)36(46)41-25-12-14-26(15-13-25)42-37(47)35-34-28(18-21-40-35)27-4-1-2-5-29(27)43-34/h1-11,16-21,25-26,43H,12-15H2,(H,41,46)(H,42,47)/t25-,26-. The first-order valence-corrected chi connectivity index (χ1v) is 15.7. The van der Waals surface area contributed by atoms with Crippen molar-refractivity contribution in [1.29, 1.82) is 0 Å². The maximum atomic E-state index is 13.8. The highest BCUT2D eigenvalue weighted by atomic mass is 19.1. The van der Waals surface area contributed by atoms with Gasteiger partial charge in [0.05, 0.1) is 11.0 Å². The molecule has 0 aliphatic heterocycles. The Morgan fingerprint density at radius 2 is 1.47 bits per heavy atom. The molecule has 0 unspecified atom stereocenters. The summed E-state index contributed by atoms with van der Waals surface area (Å²) < 4.78 is 15.4. The van der Waals surface area contributed by atoms with E-state index < -0.39 is 0 Å². The van der Waals surface area contributed by atoms with E-state index in [4.69, 9.17) is 5.10 Å². The second-order valence-corrected chi connectivity index (χ2v) is 11.9. The summed E-state index contributed by atoms with van der Waals surface area (Å²) in [5, 5.41) is 13.3. The molecule has 47 heavy (non-hydrogen) atoms. The minimum atomic E-state index is -0.333. The molecular formula is C37H30FN7O2. The number of rotatable bonds is 6. The van der Waals surface area contributed by atoms with Crippen molar-refractivity contribution in [3.63, 3.8) is 0 Å². The van der Waals surface area contributed by atoms with Crippen molar-refractivity contribution in [3.8, 4) is 22.4 Å². The third-order valence-corrected chi connectivity index (χ3v) is 9.02. The van der Waals surface area contributed by atoms with Gasteiger partial charge in [-0.15, -0.1) is 0 Å². The van der Waals surface area contributed by atoms with Crippen LogP contribution in [0.4, 0.5) is 4.39 Å².